The molecule has 0 atom stereocenters. The van der Waals surface area contributed by atoms with Crippen molar-refractivity contribution in [2.24, 2.45) is 0 Å². The highest BCUT2D eigenvalue weighted by atomic mass is 32.1. The summed E-state index contributed by atoms with van der Waals surface area (Å²) in [7, 11) is 0. The van der Waals surface area contributed by atoms with Gasteiger partial charge in [-0.25, -0.2) is 0 Å². The van der Waals surface area contributed by atoms with E-state index in [9.17, 15) is 0 Å². The molecule has 0 amide bonds. The maximum absolute atomic E-state index is 6.56. The monoisotopic (exact) mass is 870 g/mol. The topological polar surface area (TPSA) is 18.5 Å². The van der Waals surface area contributed by atoms with Crippen LogP contribution in [-0.2, 0) is 10.8 Å². The van der Waals surface area contributed by atoms with Gasteiger partial charge in [0.25, 0.3) is 0 Å². The van der Waals surface area contributed by atoms with Crippen LogP contribution in [0.25, 0.3) is 41.1 Å². The highest BCUT2D eigenvalue weighted by Gasteiger charge is 2.51. The summed E-state index contributed by atoms with van der Waals surface area (Å²) in [6.07, 6.45) is 9.46. The van der Waals surface area contributed by atoms with E-state index in [0.29, 0.717) is 0 Å². The van der Waals surface area contributed by atoms with Gasteiger partial charge in [-0.2, -0.15) is 0 Å². The van der Waals surface area contributed by atoms with Gasteiger partial charge in [-0.3, -0.25) is 0 Å². The van der Waals surface area contributed by atoms with Crippen molar-refractivity contribution in [3.63, 3.8) is 0 Å². The molecule has 2 aromatic heterocycles. The minimum Gasteiger partial charge on any atom is -0.494 e. The first-order valence-electron chi connectivity index (χ1n) is 23.5. The van der Waals surface area contributed by atoms with Crippen molar-refractivity contribution in [2.45, 2.75) is 76.0 Å². The zero-order valence-corrected chi connectivity index (χ0v) is 38.5. The van der Waals surface area contributed by atoms with Crippen molar-refractivity contribution in [2.75, 3.05) is 13.2 Å². The van der Waals surface area contributed by atoms with E-state index >= 15 is 0 Å². The predicted octanol–water partition coefficient (Wildman–Crippen LogP) is 16.8. The lowest BCUT2D eigenvalue weighted by Gasteiger charge is -2.34. The van der Waals surface area contributed by atoms with Crippen LogP contribution in [-0.4, -0.2) is 13.2 Å². The molecule has 0 fully saturated rings. The molecule has 0 spiro atoms. The number of hydrogen-bond acceptors (Lipinski definition) is 4. The van der Waals surface area contributed by atoms with E-state index in [1.54, 1.807) is 0 Å². The van der Waals surface area contributed by atoms with Crippen LogP contribution in [0.3, 0.4) is 0 Å². The second kappa shape index (κ2) is 17.2. The average Bonchev–Trinajstić information content (AvgIpc) is 4.06. The Morgan fingerprint density at radius 1 is 0.391 bits per heavy atom. The van der Waals surface area contributed by atoms with Gasteiger partial charge in [0.1, 0.15) is 11.5 Å². The standard InChI is InChI=1S/C60H54O2S2/c1-3-5-7-21-35-61-45-31-33-47-51(37-45)59(41-23-13-9-14-24-41,42-25-15-10-16-26-42)55-49-39-54-50(40-53(49)63-57(47)55)56-58(64-54)48-34-32-46(62-36-22-8-6-4-2)38-52(48)60(56,43-27-17-11-18-28-43)44-29-19-12-20-30-44/h9-20,23-34,37-40H,3-8,21-22,35-36H2,1-2H3. The molecule has 0 unspecified atom stereocenters. The van der Waals surface area contributed by atoms with Crippen molar-refractivity contribution >= 4 is 42.8 Å². The van der Waals surface area contributed by atoms with E-state index in [0.717, 1.165) is 37.6 Å². The Labute approximate surface area is 386 Å². The SMILES string of the molecule is CCCCCCOc1ccc2c(c1)C(c1ccccc1)(c1ccccc1)c1c-2sc2cc3c4c(sc3cc12)-c1ccc(OCCCCCC)cc1C4(c1ccccc1)c1ccccc1. The Morgan fingerprint density at radius 3 is 1.09 bits per heavy atom. The Bertz CT molecular complexity index is 2780. The van der Waals surface area contributed by atoms with E-state index in [1.807, 2.05) is 22.7 Å². The Morgan fingerprint density at radius 2 is 0.750 bits per heavy atom. The summed E-state index contributed by atoms with van der Waals surface area (Å²) in [6.45, 7) is 5.99. The average molecular weight is 871 g/mol. The maximum atomic E-state index is 6.56. The summed E-state index contributed by atoms with van der Waals surface area (Å²) >= 11 is 3.91. The molecule has 2 aliphatic carbocycles. The first-order chi connectivity index (χ1) is 31.7. The molecule has 0 radical (unpaired) electrons. The number of benzene rings is 7. The number of thiophene rings is 2. The summed E-state index contributed by atoms with van der Waals surface area (Å²) in [5.41, 5.74) is 12.0. The van der Waals surface area contributed by atoms with Crippen LogP contribution in [0.5, 0.6) is 11.5 Å². The van der Waals surface area contributed by atoms with Gasteiger partial charge in [-0.1, -0.05) is 174 Å². The molecule has 9 aromatic rings. The molecular weight excluding hydrogens is 817 g/mol. The van der Waals surface area contributed by atoms with Gasteiger partial charge in [0, 0.05) is 19.2 Å². The van der Waals surface area contributed by atoms with Crippen LogP contribution >= 0.6 is 22.7 Å². The number of rotatable bonds is 16. The number of ether oxygens (including phenoxy) is 2. The fourth-order valence-corrected chi connectivity index (χ4v) is 13.7. The van der Waals surface area contributed by atoms with Gasteiger partial charge >= 0.3 is 0 Å². The number of hydrogen-bond donors (Lipinski definition) is 0. The molecule has 0 N–H and O–H groups in total. The lowest BCUT2D eigenvalue weighted by atomic mass is 9.66. The highest BCUT2D eigenvalue weighted by molar-refractivity contribution is 7.24. The van der Waals surface area contributed by atoms with Gasteiger partial charge in [0.2, 0.25) is 0 Å². The number of unbranched alkanes of at least 4 members (excludes halogenated alkanes) is 6. The van der Waals surface area contributed by atoms with Crippen molar-refractivity contribution in [3.8, 4) is 32.4 Å². The van der Waals surface area contributed by atoms with Gasteiger partial charge < -0.3 is 9.47 Å². The van der Waals surface area contributed by atoms with E-state index in [2.05, 4.69) is 184 Å². The van der Waals surface area contributed by atoms with Crippen LogP contribution in [0, 0.1) is 0 Å². The molecular formula is C60H54O2S2. The molecule has 7 aromatic carbocycles. The third-order valence-electron chi connectivity index (χ3n) is 13.9. The first kappa shape index (κ1) is 40.8. The van der Waals surface area contributed by atoms with Crippen LogP contribution < -0.4 is 9.47 Å². The van der Waals surface area contributed by atoms with Crippen molar-refractivity contribution < 1.29 is 9.47 Å². The molecule has 318 valence electrons. The third kappa shape index (κ3) is 6.47. The van der Waals surface area contributed by atoms with Gasteiger partial charge in [0.05, 0.1) is 24.0 Å². The van der Waals surface area contributed by atoms with Gasteiger partial charge in [0.15, 0.2) is 0 Å². The zero-order chi connectivity index (χ0) is 43.1. The Hall–Kier alpha value is -5.94. The summed E-state index contributed by atoms with van der Waals surface area (Å²) < 4.78 is 15.8. The first-order valence-corrected chi connectivity index (χ1v) is 25.1. The third-order valence-corrected chi connectivity index (χ3v) is 16.3. The normalized spacial score (nSPS) is 14.0. The molecule has 4 heteroatoms. The van der Waals surface area contributed by atoms with Crippen molar-refractivity contribution in [1.29, 1.82) is 0 Å². The zero-order valence-electron chi connectivity index (χ0n) is 36.9. The summed E-state index contributed by atoms with van der Waals surface area (Å²) in [4.78, 5) is 2.70. The molecule has 2 heterocycles. The molecule has 0 saturated carbocycles. The van der Waals surface area contributed by atoms with E-state index in [-0.39, 0.29) is 0 Å². The van der Waals surface area contributed by atoms with Crippen LogP contribution in [0.1, 0.15) is 110 Å². The summed E-state index contributed by atoms with van der Waals surface area (Å²) in [5.74, 6) is 1.90. The highest BCUT2D eigenvalue weighted by Crippen LogP contribution is 2.65. The lowest BCUT2D eigenvalue weighted by Crippen LogP contribution is -2.28. The van der Waals surface area contributed by atoms with E-state index in [1.165, 1.54) is 124 Å². The van der Waals surface area contributed by atoms with Crippen LogP contribution in [0.4, 0.5) is 0 Å². The molecule has 0 aliphatic heterocycles. The second-order valence-corrected chi connectivity index (χ2v) is 19.8. The van der Waals surface area contributed by atoms with Gasteiger partial charge in [-0.15, -0.1) is 22.7 Å². The van der Waals surface area contributed by atoms with Gasteiger partial charge in [-0.05, 0) is 128 Å². The Balaban J connectivity index is 1.15. The molecule has 0 bridgehead atoms. The quantitative estimate of drug-likeness (QED) is 0.0901. The van der Waals surface area contributed by atoms with Crippen molar-refractivity contribution in [1.82, 2.24) is 0 Å². The molecule has 11 rings (SSSR count). The minimum absolute atomic E-state index is 0.530. The summed E-state index contributed by atoms with van der Waals surface area (Å²) in [6, 6.07) is 63.8. The smallest absolute Gasteiger partial charge is 0.119 e. The maximum Gasteiger partial charge on any atom is 0.119 e. The second-order valence-electron chi connectivity index (χ2n) is 17.7. The van der Waals surface area contributed by atoms with Crippen LogP contribution in [0.2, 0.25) is 0 Å². The Kier molecular flexibility index (Phi) is 11.0. The van der Waals surface area contributed by atoms with E-state index < -0.39 is 10.8 Å². The minimum atomic E-state index is -0.530. The number of fused-ring (bicyclic) bond motifs is 10. The molecule has 64 heavy (non-hydrogen) atoms. The largest absolute Gasteiger partial charge is 0.494 e. The summed E-state index contributed by atoms with van der Waals surface area (Å²) in [5, 5.41) is 2.66. The molecule has 2 aliphatic rings. The van der Waals surface area contributed by atoms with Crippen molar-refractivity contribution in [3.05, 3.63) is 214 Å². The van der Waals surface area contributed by atoms with Crippen LogP contribution in [0.15, 0.2) is 170 Å². The fourth-order valence-electron chi connectivity index (χ4n) is 11.0. The fraction of sp³-hybridized carbons (Fsp3) is 0.233. The molecule has 2 nitrogen and oxygen atoms in total. The lowest BCUT2D eigenvalue weighted by molar-refractivity contribution is 0.304. The molecule has 0 saturated heterocycles. The van der Waals surface area contributed by atoms with E-state index in [4.69, 9.17) is 9.47 Å². The predicted molar refractivity (Wildman–Crippen MR) is 271 cm³/mol.